The number of carbonyl (C=O) groups is 1. The Balaban J connectivity index is 2.06. The summed E-state index contributed by atoms with van der Waals surface area (Å²) in [6.45, 7) is 5.75. The van der Waals surface area contributed by atoms with Gasteiger partial charge in [-0.3, -0.25) is 4.79 Å². The molecular formula is C16H19Cl2N3O2. The van der Waals surface area contributed by atoms with Crippen molar-refractivity contribution in [2.45, 2.75) is 39.3 Å². The lowest BCUT2D eigenvalue weighted by molar-refractivity contribution is -0.122. The zero-order valence-electron chi connectivity index (χ0n) is 13.2. The normalized spacial score (nSPS) is 13.4. The highest BCUT2D eigenvalue weighted by atomic mass is 35.5. The Morgan fingerprint density at radius 1 is 1.35 bits per heavy atom. The number of halogens is 2. The maximum atomic E-state index is 12.3. The third-order valence-corrected chi connectivity index (χ3v) is 4.04. The number of benzene rings is 1. The Labute approximate surface area is 145 Å². The Bertz CT molecular complexity index is 688. The number of rotatable bonds is 6. The molecule has 0 aliphatic carbocycles. The van der Waals surface area contributed by atoms with Gasteiger partial charge in [-0.15, -0.1) is 0 Å². The summed E-state index contributed by atoms with van der Waals surface area (Å²) in [5.74, 6) is 0.723. The van der Waals surface area contributed by atoms with Crippen LogP contribution in [0.25, 0.3) is 0 Å². The van der Waals surface area contributed by atoms with E-state index in [9.17, 15) is 4.79 Å². The molecular weight excluding hydrogens is 337 g/mol. The van der Waals surface area contributed by atoms with Gasteiger partial charge in [0.15, 0.2) is 6.10 Å². The number of nitrogens with zero attached hydrogens (tertiary/aromatic N) is 2. The molecule has 0 aliphatic heterocycles. The van der Waals surface area contributed by atoms with E-state index in [-0.39, 0.29) is 11.9 Å². The highest BCUT2D eigenvalue weighted by Gasteiger charge is 2.19. The summed E-state index contributed by atoms with van der Waals surface area (Å²) in [5, 5.41) is 7.95. The molecule has 124 valence electrons. The molecule has 1 aromatic heterocycles. The fraction of sp³-hybridized carbons (Fsp3) is 0.375. The molecule has 7 heteroatoms. The summed E-state index contributed by atoms with van der Waals surface area (Å²) < 4.78 is 7.38. The fourth-order valence-corrected chi connectivity index (χ4v) is 2.30. The van der Waals surface area contributed by atoms with Gasteiger partial charge in [0.2, 0.25) is 0 Å². The van der Waals surface area contributed by atoms with E-state index in [1.165, 1.54) is 0 Å². The zero-order valence-corrected chi connectivity index (χ0v) is 14.7. The molecule has 1 amide bonds. The quantitative estimate of drug-likeness (QED) is 0.825. The van der Waals surface area contributed by atoms with Gasteiger partial charge in [-0.05, 0) is 32.4 Å². The van der Waals surface area contributed by atoms with E-state index in [0.717, 1.165) is 6.42 Å². The third kappa shape index (κ3) is 4.39. The third-order valence-electron chi connectivity index (χ3n) is 3.50. The molecule has 1 heterocycles. The standard InChI is InChI=1S/C16H19Cl2N3O2/c1-4-10(2)21-15(7-8-19-21)20-16(22)11(3)23-14-9-12(17)5-6-13(14)18/h5-11H,4H2,1-3H3,(H,20,22)/t10-,11+/m0/s1. The van der Waals surface area contributed by atoms with Crippen LogP contribution in [-0.2, 0) is 4.79 Å². The lowest BCUT2D eigenvalue weighted by Crippen LogP contribution is -2.31. The van der Waals surface area contributed by atoms with Crippen molar-refractivity contribution in [3.63, 3.8) is 0 Å². The maximum absolute atomic E-state index is 12.3. The maximum Gasteiger partial charge on any atom is 0.266 e. The highest BCUT2D eigenvalue weighted by Crippen LogP contribution is 2.28. The monoisotopic (exact) mass is 355 g/mol. The lowest BCUT2D eigenvalue weighted by Gasteiger charge is -2.18. The van der Waals surface area contributed by atoms with Crippen LogP contribution in [0.3, 0.4) is 0 Å². The van der Waals surface area contributed by atoms with Crippen LogP contribution in [0.4, 0.5) is 5.82 Å². The number of hydrogen-bond donors (Lipinski definition) is 1. The Kier molecular flexibility index (Phi) is 5.91. The van der Waals surface area contributed by atoms with E-state index in [1.54, 1.807) is 42.1 Å². The average molecular weight is 356 g/mol. The van der Waals surface area contributed by atoms with Crippen molar-refractivity contribution in [2.75, 3.05) is 5.32 Å². The molecule has 0 saturated heterocycles. The molecule has 0 bridgehead atoms. The molecule has 5 nitrogen and oxygen atoms in total. The largest absolute Gasteiger partial charge is 0.479 e. The van der Waals surface area contributed by atoms with Gasteiger partial charge in [0, 0.05) is 17.2 Å². The summed E-state index contributed by atoms with van der Waals surface area (Å²) >= 11 is 12.0. The van der Waals surface area contributed by atoms with Crippen molar-refractivity contribution in [2.24, 2.45) is 0 Å². The second-order valence-corrected chi connectivity index (χ2v) is 6.09. The summed E-state index contributed by atoms with van der Waals surface area (Å²) in [5.41, 5.74) is 0. The molecule has 1 N–H and O–H groups in total. The van der Waals surface area contributed by atoms with Crippen LogP contribution in [-0.4, -0.2) is 21.8 Å². The van der Waals surface area contributed by atoms with Crippen molar-refractivity contribution in [3.05, 3.63) is 40.5 Å². The molecule has 2 rings (SSSR count). The number of amides is 1. The number of hydrogen-bond acceptors (Lipinski definition) is 3. The van der Waals surface area contributed by atoms with Crippen LogP contribution < -0.4 is 10.1 Å². The average Bonchev–Trinajstić information content (AvgIpc) is 2.98. The van der Waals surface area contributed by atoms with Gasteiger partial charge in [-0.2, -0.15) is 5.10 Å². The summed E-state index contributed by atoms with van der Waals surface area (Å²) in [7, 11) is 0. The number of carbonyl (C=O) groups excluding carboxylic acids is 1. The summed E-state index contributed by atoms with van der Waals surface area (Å²) in [6.07, 6.45) is 1.84. The van der Waals surface area contributed by atoms with Gasteiger partial charge >= 0.3 is 0 Å². The first-order chi connectivity index (χ1) is 10.9. The minimum absolute atomic E-state index is 0.193. The number of nitrogens with one attached hydrogen (secondary N) is 1. The zero-order chi connectivity index (χ0) is 17.0. The van der Waals surface area contributed by atoms with Gasteiger partial charge < -0.3 is 10.1 Å². The van der Waals surface area contributed by atoms with Gasteiger partial charge in [-0.25, -0.2) is 4.68 Å². The lowest BCUT2D eigenvalue weighted by atomic mass is 10.3. The molecule has 1 aromatic carbocycles. The van der Waals surface area contributed by atoms with Crippen LogP contribution in [0.15, 0.2) is 30.5 Å². The second kappa shape index (κ2) is 7.70. The van der Waals surface area contributed by atoms with Crippen molar-refractivity contribution in [3.8, 4) is 5.75 Å². The van der Waals surface area contributed by atoms with Crippen molar-refractivity contribution < 1.29 is 9.53 Å². The van der Waals surface area contributed by atoms with Crippen LogP contribution in [0, 0.1) is 0 Å². The van der Waals surface area contributed by atoms with Crippen molar-refractivity contribution in [1.29, 1.82) is 0 Å². The molecule has 23 heavy (non-hydrogen) atoms. The Morgan fingerprint density at radius 2 is 2.09 bits per heavy atom. The van der Waals surface area contributed by atoms with Crippen LogP contribution in [0.5, 0.6) is 5.75 Å². The number of aromatic nitrogens is 2. The SMILES string of the molecule is CC[C@H](C)n1nccc1NC(=O)[C@@H](C)Oc1cc(Cl)ccc1Cl. The van der Waals surface area contributed by atoms with Gasteiger partial charge in [0.05, 0.1) is 17.3 Å². The van der Waals surface area contributed by atoms with Gasteiger partial charge in [0.1, 0.15) is 11.6 Å². The molecule has 0 spiro atoms. The van der Waals surface area contributed by atoms with Crippen LogP contribution >= 0.6 is 23.2 Å². The van der Waals surface area contributed by atoms with Crippen molar-refractivity contribution in [1.82, 2.24) is 9.78 Å². The first kappa shape index (κ1) is 17.6. The molecule has 0 unspecified atom stereocenters. The van der Waals surface area contributed by atoms with Crippen LogP contribution in [0.2, 0.25) is 10.0 Å². The van der Waals surface area contributed by atoms with Gasteiger partial charge in [-0.1, -0.05) is 30.1 Å². The van der Waals surface area contributed by atoms with E-state index in [2.05, 4.69) is 17.3 Å². The molecule has 2 atom stereocenters. The van der Waals surface area contributed by atoms with E-state index in [0.29, 0.717) is 21.6 Å². The van der Waals surface area contributed by atoms with Crippen molar-refractivity contribution >= 4 is 34.9 Å². The first-order valence-corrected chi connectivity index (χ1v) is 8.14. The molecule has 0 aliphatic rings. The summed E-state index contributed by atoms with van der Waals surface area (Å²) in [4.78, 5) is 12.3. The molecule has 0 radical (unpaired) electrons. The van der Waals surface area contributed by atoms with E-state index < -0.39 is 6.10 Å². The second-order valence-electron chi connectivity index (χ2n) is 5.24. The predicted molar refractivity (Wildman–Crippen MR) is 92.4 cm³/mol. The van der Waals surface area contributed by atoms with E-state index >= 15 is 0 Å². The summed E-state index contributed by atoms with van der Waals surface area (Å²) in [6, 6.07) is 6.81. The minimum Gasteiger partial charge on any atom is -0.479 e. The van der Waals surface area contributed by atoms with E-state index in [4.69, 9.17) is 27.9 Å². The molecule has 2 aromatic rings. The molecule has 0 saturated carbocycles. The number of anilines is 1. The molecule has 0 fully saturated rings. The Morgan fingerprint density at radius 3 is 2.78 bits per heavy atom. The van der Waals surface area contributed by atoms with E-state index in [1.807, 2.05) is 6.92 Å². The predicted octanol–water partition coefficient (Wildman–Crippen LogP) is 4.57. The fourth-order valence-electron chi connectivity index (χ4n) is 1.98. The Hall–Kier alpha value is -1.72. The van der Waals surface area contributed by atoms with Crippen LogP contribution in [0.1, 0.15) is 33.2 Å². The smallest absolute Gasteiger partial charge is 0.266 e. The minimum atomic E-state index is -0.730. The number of ether oxygens (including phenoxy) is 1. The highest BCUT2D eigenvalue weighted by molar-refractivity contribution is 6.34. The first-order valence-electron chi connectivity index (χ1n) is 7.38. The van der Waals surface area contributed by atoms with Gasteiger partial charge in [0.25, 0.3) is 5.91 Å². The topological polar surface area (TPSA) is 56.2 Å².